The van der Waals surface area contributed by atoms with Crippen molar-refractivity contribution < 1.29 is 9.59 Å². The largest absolute Gasteiger partial charge is 0.347 e. The highest BCUT2D eigenvalue weighted by atomic mass is 16.2. The Morgan fingerprint density at radius 2 is 1.96 bits per heavy atom. The van der Waals surface area contributed by atoms with Gasteiger partial charge in [-0.25, -0.2) is 9.78 Å². The summed E-state index contributed by atoms with van der Waals surface area (Å²) in [5, 5.41) is 5.50. The van der Waals surface area contributed by atoms with Gasteiger partial charge in [-0.05, 0) is 31.5 Å². The maximum absolute atomic E-state index is 12.1. The summed E-state index contributed by atoms with van der Waals surface area (Å²) in [4.78, 5) is 29.3. The number of amides is 3. The molecule has 0 radical (unpaired) electrons. The van der Waals surface area contributed by atoms with E-state index in [0.717, 1.165) is 11.3 Å². The van der Waals surface area contributed by atoms with E-state index in [9.17, 15) is 9.59 Å². The maximum Gasteiger partial charge on any atom is 0.315 e. The minimum atomic E-state index is -0.579. The summed E-state index contributed by atoms with van der Waals surface area (Å²) >= 11 is 0. The Morgan fingerprint density at radius 3 is 2.58 bits per heavy atom. The number of nitrogens with zero attached hydrogens (tertiary/aromatic N) is 3. The minimum Gasteiger partial charge on any atom is -0.347 e. The van der Waals surface area contributed by atoms with E-state index >= 15 is 0 Å². The molecule has 2 atom stereocenters. The Kier molecular flexibility index (Phi) is 5.57. The topological polar surface area (TPSA) is 79.3 Å². The van der Waals surface area contributed by atoms with E-state index in [2.05, 4.69) is 15.6 Å². The monoisotopic (exact) mass is 329 g/mol. The van der Waals surface area contributed by atoms with Crippen molar-refractivity contribution in [3.8, 4) is 5.69 Å². The lowest BCUT2D eigenvalue weighted by Gasteiger charge is -2.20. The predicted molar refractivity (Wildman–Crippen MR) is 91.8 cm³/mol. The fraction of sp³-hybridized carbons (Fsp3) is 0.353. The zero-order chi connectivity index (χ0) is 17.7. The van der Waals surface area contributed by atoms with E-state index in [-0.39, 0.29) is 18.0 Å². The molecule has 0 saturated carbocycles. The third-order valence-corrected chi connectivity index (χ3v) is 3.68. The molecule has 1 aromatic heterocycles. The summed E-state index contributed by atoms with van der Waals surface area (Å²) in [7, 11) is 3.31. The molecule has 1 heterocycles. The SMILES string of the molecule is C[C@H](NC(=O)N[C@H](C)C(=O)N(C)C)c1cccc(-n2ccnc2)c1. The highest BCUT2D eigenvalue weighted by molar-refractivity contribution is 5.86. The Balaban J connectivity index is 1.99. The molecule has 0 saturated heterocycles. The molecule has 7 nitrogen and oxygen atoms in total. The van der Waals surface area contributed by atoms with Crippen molar-refractivity contribution in [2.75, 3.05) is 14.1 Å². The molecule has 0 spiro atoms. The number of hydrogen-bond donors (Lipinski definition) is 2. The number of benzene rings is 1. The zero-order valence-corrected chi connectivity index (χ0v) is 14.4. The molecule has 128 valence electrons. The first-order chi connectivity index (χ1) is 11.4. The number of hydrogen-bond acceptors (Lipinski definition) is 3. The van der Waals surface area contributed by atoms with Crippen LogP contribution in [0.15, 0.2) is 43.0 Å². The Hall–Kier alpha value is -2.83. The molecule has 0 aliphatic rings. The molecule has 3 amide bonds. The van der Waals surface area contributed by atoms with Crippen LogP contribution in [0.25, 0.3) is 5.69 Å². The molecular formula is C17H23N5O2. The van der Waals surface area contributed by atoms with Crippen molar-refractivity contribution in [1.82, 2.24) is 25.1 Å². The van der Waals surface area contributed by atoms with Gasteiger partial charge < -0.3 is 20.1 Å². The number of aromatic nitrogens is 2. The lowest BCUT2D eigenvalue weighted by Crippen LogP contribution is -2.48. The molecule has 2 aromatic rings. The first kappa shape index (κ1) is 17.5. The van der Waals surface area contributed by atoms with Crippen LogP contribution in [0.1, 0.15) is 25.5 Å². The van der Waals surface area contributed by atoms with E-state index in [1.807, 2.05) is 42.0 Å². The molecule has 0 fully saturated rings. The van der Waals surface area contributed by atoms with Crippen LogP contribution < -0.4 is 10.6 Å². The van der Waals surface area contributed by atoms with Gasteiger partial charge in [0.1, 0.15) is 6.04 Å². The molecule has 7 heteroatoms. The molecule has 0 bridgehead atoms. The minimum absolute atomic E-state index is 0.153. The second kappa shape index (κ2) is 7.63. The van der Waals surface area contributed by atoms with Crippen LogP contribution in [0.4, 0.5) is 4.79 Å². The van der Waals surface area contributed by atoms with Crippen LogP contribution in [0.2, 0.25) is 0 Å². The van der Waals surface area contributed by atoms with Gasteiger partial charge in [-0.2, -0.15) is 0 Å². The predicted octanol–water partition coefficient (Wildman–Crippen LogP) is 1.71. The van der Waals surface area contributed by atoms with Crippen LogP contribution in [0, 0.1) is 0 Å². The van der Waals surface area contributed by atoms with Gasteiger partial charge in [0.25, 0.3) is 0 Å². The summed E-state index contributed by atoms with van der Waals surface area (Å²) < 4.78 is 1.90. The fourth-order valence-electron chi connectivity index (χ4n) is 2.33. The number of imidazole rings is 1. The molecule has 2 N–H and O–H groups in total. The molecule has 0 unspecified atom stereocenters. The van der Waals surface area contributed by atoms with Crippen LogP contribution in [-0.4, -0.2) is 46.5 Å². The van der Waals surface area contributed by atoms with Gasteiger partial charge in [-0.3, -0.25) is 4.79 Å². The van der Waals surface area contributed by atoms with Gasteiger partial charge in [-0.1, -0.05) is 12.1 Å². The first-order valence-electron chi connectivity index (χ1n) is 7.75. The zero-order valence-electron chi connectivity index (χ0n) is 14.4. The number of likely N-dealkylation sites (N-methyl/N-ethyl adjacent to an activating group) is 1. The van der Waals surface area contributed by atoms with Crippen molar-refractivity contribution in [2.45, 2.75) is 25.9 Å². The lowest BCUT2D eigenvalue weighted by atomic mass is 10.1. The summed E-state index contributed by atoms with van der Waals surface area (Å²) in [6, 6.07) is 6.67. The lowest BCUT2D eigenvalue weighted by molar-refractivity contribution is -0.130. The molecule has 24 heavy (non-hydrogen) atoms. The van der Waals surface area contributed by atoms with Crippen molar-refractivity contribution in [2.24, 2.45) is 0 Å². The van der Waals surface area contributed by atoms with E-state index < -0.39 is 6.04 Å². The van der Waals surface area contributed by atoms with E-state index in [1.54, 1.807) is 33.5 Å². The number of carbonyl (C=O) groups excluding carboxylic acids is 2. The second-order valence-electron chi connectivity index (χ2n) is 5.86. The van der Waals surface area contributed by atoms with Gasteiger partial charge in [0, 0.05) is 32.2 Å². The number of nitrogens with one attached hydrogen (secondary N) is 2. The number of urea groups is 1. The summed E-state index contributed by atoms with van der Waals surface area (Å²) in [6.07, 6.45) is 5.29. The van der Waals surface area contributed by atoms with Crippen molar-refractivity contribution in [3.63, 3.8) is 0 Å². The summed E-state index contributed by atoms with van der Waals surface area (Å²) in [6.45, 7) is 3.55. The van der Waals surface area contributed by atoms with Crippen molar-refractivity contribution >= 4 is 11.9 Å². The highest BCUT2D eigenvalue weighted by Gasteiger charge is 2.18. The maximum atomic E-state index is 12.1. The van der Waals surface area contributed by atoms with Gasteiger partial charge in [0.2, 0.25) is 5.91 Å². The number of rotatable bonds is 5. The number of carbonyl (C=O) groups is 2. The summed E-state index contributed by atoms with van der Waals surface area (Å²) in [5.74, 6) is -0.153. The first-order valence-corrected chi connectivity index (χ1v) is 7.75. The van der Waals surface area contributed by atoms with E-state index in [0.29, 0.717) is 0 Å². The molecule has 1 aromatic carbocycles. The van der Waals surface area contributed by atoms with Gasteiger partial charge >= 0.3 is 6.03 Å². The van der Waals surface area contributed by atoms with Gasteiger partial charge in [-0.15, -0.1) is 0 Å². The molecule has 0 aliphatic heterocycles. The third kappa shape index (κ3) is 4.34. The standard InChI is InChI=1S/C17H23N5O2/c1-12(19-17(24)20-13(2)16(23)21(3)4)14-6-5-7-15(10-14)22-9-8-18-11-22/h5-13H,1-4H3,(H2,19,20,24)/t12-,13+/m0/s1. The highest BCUT2D eigenvalue weighted by Crippen LogP contribution is 2.16. The van der Waals surface area contributed by atoms with E-state index in [1.165, 1.54) is 4.90 Å². The van der Waals surface area contributed by atoms with Crippen LogP contribution >= 0.6 is 0 Å². The molecule has 0 aliphatic carbocycles. The second-order valence-corrected chi connectivity index (χ2v) is 5.86. The average molecular weight is 329 g/mol. The average Bonchev–Trinajstić information content (AvgIpc) is 3.08. The van der Waals surface area contributed by atoms with Gasteiger partial charge in [0.15, 0.2) is 0 Å². The van der Waals surface area contributed by atoms with E-state index in [4.69, 9.17) is 0 Å². The fourth-order valence-corrected chi connectivity index (χ4v) is 2.33. The van der Waals surface area contributed by atoms with Crippen LogP contribution in [-0.2, 0) is 4.79 Å². The molecule has 2 rings (SSSR count). The Morgan fingerprint density at radius 1 is 1.21 bits per heavy atom. The van der Waals surface area contributed by atoms with Crippen molar-refractivity contribution in [1.29, 1.82) is 0 Å². The third-order valence-electron chi connectivity index (χ3n) is 3.68. The van der Waals surface area contributed by atoms with Crippen molar-refractivity contribution in [3.05, 3.63) is 48.5 Å². The Bertz CT molecular complexity index is 697. The quantitative estimate of drug-likeness (QED) is 0.876. The normalized spacial score (nSPS) is 13.0. The van der Waals surface area contributed by atoms with Crippen LogP contribution in [0.3, 0.4) is 0 Å². The summed E-state index contributed by atoms with van der Waals surface area (Å²) in [5.41, 5.74) is 1.93. The molecular weight excluding hydrogens is 306 g/mol. The smallest absolute Gasteiger partial charge is 0.315 e. The van der Waals surface area contributed by atoms with Crippen LogP contribution in [0.5, 0.6) is 0 Å². The van der Waals surface area contributed by atoms with Gasteiger partial charge in [0.05, 0.1) is 12.4 Å². The Labute approximate surface area is 141 Å².